The van der Waals surface area contributed by atoms with Gasteiger partial charge in [-0.1, -0.05) is 12.1 Å². The van der Waals surface area contributed by atoms with E-state index in [1.807, 2.05) is 6.07 Å². The molecule has 0 heterocycles. The lowest BCUT2D eigenvalue weighted by molar-refractivity contribution is -0.384. The third-order valence-corrected chi connectivity index (χ3v) is 5.27. The summed E-state index contributed by atoms with van der Waals surface area (Å²) < 4.78 is 37.6. The van der Waals surface area contributed by atoms with E-state index in [0.29, 0.717) is 11.5 Å². The number of para-hydroxylation sites is 2. The summed E-state index contributed by atoms with van der Waals surface area (Å²) >= 11 is 0. The number of methoxy groups -OCH3 is 1. The maximum atomic E-state index is 12.2. The van der Waals surface area contributed by atoms with Crippen molar-refractivity contribution < 1.29 is 22.8 Å². The topological polar surface area (TPSA) is 120 Å². The highest BCUT2D eigenvalue weighted by atomic mass is 32.2. The zero-order valence-corrected chi connectivity index (χ0v) is 16.7. The fraction of sp³-hybridized carbons (Fsp3) is 0.333. The van der Waals surface area contributed by atoms with Gasteiger partial charge in [0.05, 0.1) is 16.9 Å². The van der Waals surface area contributed by atoms with Crippen LogP contribution >= 0.6 is 0 Å². The molecule has 0 radical (unpaired) electrons. The second-order valence-corrected chi connectivity index (χ2v) is 7.85. The number of anilines is 1. The van der Waals surface area contributed by atoms with Crippen LogP contribution in [0.3, 0.4) is 0 Å². The van der Waals surface area contributed by atoms with Gasteiger partial charge in [0.15, 0.2) is 11.5 Å². The lowest BCUT2D eigenvalue weighted by Gasteiger charge is -2.13. The van der Waals surface area contributed by atoms with Gasteiger partial charge in [-0.3, -0.25) is 10.1 Å². The Labute approximate surface area is 163 Å². The summed E-state index contributed by atoms with van der Waals surface area (Å²) in [5.74, 6) is 1.14. The number of rotatable bonds is 10. The number of hydrogen-bond donors (Lipinski definition) is 2. The van der Waals surface area contributed by atoms with Crippen LogP contribution in [0.5, 0.6) is 11.5 Å². The second-order valence-electron chi connectivity index (χ2n) is 6.14. The molecule has 28 heavy (non-hydrogen) atoms. The quantitative estimate of drug-likeness (QED) is 0.352. The number of nitro benzene ring substituents is 1. The van der Waals surface area contributed by atoms with Crippen LogP contribution in [-0.4, -0.2) is 39.6 Å². The first-order valence-corrected chi connectivity index (χ1v) is 10.0. The third kappa shape index (κ3) is 5.57. The highest BCUT2D eigenvalue weighted by Gasteiger charge is 2.22. The molecule has 0 spiro atoms. The Morgan fingerprint density at radius 3 is 2.43 bits per heavy atom. The number of nitro groups is 1. The molecule has 9 nitrogen and oxygen atoms in total. The Morgan fingerprint density at radius 2 is 1.82 bits per heavy atom. The zero-order valence-electron chi connectivity index (χ0n) is 15.8. The van der Waals surface area contributed by atoms with Crippen molar-refractivity contribution in [2.45, 2.75) is 24.8 Å². The number of hydrogen-bond acceptors (Lipinski definition) is 7. The number of benzene rings is 2. The van der Waals surface area contributed by atoms with Gasteiger partial charge >= 0.3 is 0 Å². The Morgan fingerprint density at radius 1 is 1.14 bits per heavy atom. The van der Waals surface area contributed by atoms with E-state index in [1.165, 1.54) is 19.2 Å². The average Bonchev–Trinajstić information content (AvgIpc) is 2.64. The van der Waals surface area contributed by atoms with E-state index >= 15 is 0 Å². The van der Waals surface area contributed by atoms with Crippen molar-refractivity contribution in [1.29, 1.82) is 0 Å². The minimum absolute atomic E-state index is 0.163. The van der Waals surface area contributed by atoms with E-state index < -0.39 is 14.9 Å². The SMILES string of the molecule is COc1ccccc1OCCNc1ccc(S(=O)(=O)NC(C)C)cc1[N+](=O)[O-]. The first-order chi connectivity index (χ1) is 13.2. The molecule has 152 valence electrons. The fourth-order valence-corrected chi connectivity index (χ4v) is 3.71. The Kier molecular flexibility index (Phi) is 7.18. The molecule has 0 fully saturated rings. The first-order valence-electron chi connectivity index (χ1n) is 8.55. The van der Waals surface area contributed by atoms with Gasteiger partial charge in [0.2, 0.25) is 10.0 Å². The minimum Gasteiger partial charge on any atom is -0.493 e. The molecule has 0 saturated heterocycles. The van der Waals surface area contributed by atoms with E-state index in [1.54, 1.807) is 32.0 Å². The van der Waals surface area contributed by atoms with Crippen molar-refractivity contribution in [3.05, 3.63) is 52.6 Å². The predicted octanol–water partition coefficient (Wildman–Crippen LogP) is 2.78. The molecule has 10 heteroatoms. The number of nitrogens with zero attached hydrogens (tertiary/aromatic N) is 1. The van der Waals surface area contributed by atoms with Gasteiger partial charge in [0.1, 0.15) is 12.3 Å². The van der Waals surface area contributed by atoms with Crippen molar-refractivity contribution >= 4 is 21.4 Å². The molecule has 2 rings (SSSR count). The van der Waals surface area contributed by atoms with Crippen LogP contribution in [0.1, 0.15) is 13.8 Å². The van der Waals surface area contributed by atoms with E-state index in [9.17, 15) is 18.5 Å². The molecule has 0 amide bonds. The predicted molar refractivity (Wildman–Crippen MR) is 106 cm³/mol. The lowest BCUT2D eigenvalue weighted by atomic mass is 10.2. The molecular weight excluding hydrogens is 386 g/mol. The molecule has 0 aromatic heterocycles. The maximum absolute atomic E-state index is 12.2. The van der Waals surface area contributed by atoms with E-state index in [0.717, 1.165) is 6.07 Å². The summed E-state index contributed by atoms with van der Waals surface area (Å²) in [6.07, 6.45) is 0. The van der Waals surface area contributed by atoms with Crippen LogP contribution in [0.15, 0.2) is 47.4 Å². The zero-order chi connectivity index (χ0) is 20.7. The lowest BCUT2D eigenvalue weighted by Crippen LogP contribution is -2.30. The van der Waals surface area contributed by atoms with E-state index in [-0.39, 0.29) is 35.5 Å². The molecular formula is C18H23N3O6S. The fourth-order valence-electron chi connectivity index (χ4n) is 2.44. The van der Waals surface area contributed by atoms with Gasteiger partial charge in [-0.15, -0.1) is 0 Å². The third-order valence-electron chi connectivity index (χ3n) is 3.61. The van der Waals surface area contributed by atoms with Gasteiger partial charge in [0.25, 0.3) is 5.69 Å². The van der Waals surface area contributed by atoms with Gasteiger partial charge in [-0.25, -0.2) is 13.1 Å². The minimum atomic E-state index is -3.82. The molecule has 0 unspecified atom stereocenters. The standard InChI is InChI=1S/C18H23N3O6S/c1-13(2)20-28(24,25)14-8-9-15(16(12-14)21(22)23)19-10-11-27-18-7-5-4-6-17(18)26-3/h4-9,12-13,19-20H,10-11H2,1-3H3. The van der Waals surface area contributed by atoms with Crippen LogP contribution in [0.2, 0.25) is 0 Å². The largest absolute Gasteiger partial charge is 0.493 e. The van der Waals surface area contributed by atoms with Crippen LogP contribution < -0.4 is 19.5 Å². The smallest absolute Gasteiger partial charge is 0.293 e. The number of sulfonamides is 1. The molecule has 0 aliphatic heterocycles. The van der Waals surface area contributed by atoms with Crippen molar-refractivity contribution in [2.75, 3.05) is 25.6 Å². The molecule has 2 aromatic carbocycles. The van der Waals surface area contributed by atoms with Gasteiger partial charge in [0, 0.05) is 18.7 Å². The average molecular weight is 409 g/mol. The van der Waals surface area contributed by atoms with Crippen LogP contribution in [0.4, 0.5) is 11.4 Å². The van der Waals surface area contributed by atoms with Crippen molar-refractivity contribution in [2.24, 2.45) is 0 Å². The summed E-state index contributed by atoms with van der Waals surface area (Å²) in [4.78, 5) is 10.6. The summed E-state index contributed by atoms with van der Waals surface area (Å²) in [5, 5.41) is 14.3. The second kappa shape index (κ2) is 9.38. The van der Waals surface area contributed by atoms with Crippen molar-refractivity contribution in [1.82, 2.24) is 4.72 Å². The van der Waals surface area contributed by atoms with Crippen molar-refractivity contribution in [3.63, 3.8) is 0 Å². The number of ether oxygens (including phenoxy) is 2. The number of nitrogens with one attached hydrogen (secondary N) is 2. The van der Waals surface area contributed by atoms with Gasteiger partial charge in [-0.05, 0) is 38.1 Å². The molecule has 0 bridgehead atoms. The normalized spacial score (nSPS) is 11.3. The van der Waals surface area contributed by atoms with Crippen LogP contribution in [0, 0.1) is 10.1 Å². The molecule has 2 N–H and O–H groups in total. The summed E-state index contributed by atoms with van der Waals surface area (Å²) in [6, 6.07) is 10.5. The Hall–Kier alpha value is -2.85. The highest BCUT2D eigenvalue weighted by molar-refractivity contribution is 7.89. The summed E-state index contributed by atoms with van der Waals surface area (Å²) in [6.45, 7) is 3.84. The highest BCUT2D eigenvalue weighted by Crippen LogP contribution is 2.28. The molecule has 0 atom stereocenters. The van der Waals surface area contributed by atoms with Gasteiger partial charge < -0.3 is 14.8 Å². The van der Waals surface area contributed by atoms with E-state index in [4.69, 9.17) is 9.47 Å². The molecule has 2 aromatic rings. The first kappa shape index (κ1) is 21.5. The van der Waals surface area contributed by atoms with Crippen molar-refractivity contribution in [3.8, 4) is 11.5 Å². The summed E-state index contributed by atoms with van der Waals surface area (Å²) in [5.41, 5.74) is -0.124. The Balaban J connectivity index is 2.08. The van der Waals surface area contributed by atoms with E-state index in [2.05, 4.69) is 10.0 Å². The monoisotopic (exact) mass is 409 g/mol. The molecule has 0 aliphatic rings. The Bertz CT molecular complexity index is 931. The summed E-state index contributed by atoms with van der Waals surface area (Å²) in [7, 11) is -2.29. The maximum Gasteiger partial charge on any atom is 0.293 e. The molecule has 0 aliphatic carbocycles. The van der Waals surface area contributed by atoms with Crippen LogP contribution in [0.25, 0.3) is 0 Å². The van der Waals surface area contributed by atoms with Gasteiger partial charge in [-0.2, -0.15) is 0 Å². The molecule has 0 saturated carbocycles. The van der Waals surface area contributed by atoms with Crippen LogP contribution in [-0.2, 0) is 10.0 Å².